The maximum Gasteiger partial charge on any atom is 0.0494 e. The minimum Gasteiger partial charge on any atom is -0.381 e. The number of hydrogen-bond acceptors (Lipinski definition) is 3. The topological polar surface area (TPSA) is 33.3 Å². The van der Waals surface area contributed by atoms with Crippen LogP contribution in [0, 0.1) is 5.92 Å². The van der Waals surface area contributed by atoms with Crippen LogP contribution in [0.1, 0.15) is 38.5 Å². The van der Waals surface area contributed by atoms with Gasteiger partial charge in [-0.2, -0.15) is 0 Å². The molecule has 0 amide bonds. The number of nitrogens with one attached hydrogen (secondary N) is 2. The highest BCUT2D eigenvalue weighted by Gasteiger charge is 2.20. The van der Waals surface area contributed by atoms with Gasteiger partial charge >= 0.3 is 0 Å². The average Bonchev–Trinajstić information content (AvgIpc) is 3.14. The fourth-order valence-corrected chi connectivity index (χ4v) is 1.77. The molecule has 0 aromatic rings. The normalized spacial score (nSPS) is 20.2. The lowest BCUT2D eigenvalue weighted by molar-refractivity contribution is 0.122. The predicted octanol–water partition coefficient (Wildman–Crippen LogP) is 1.53. The Morgan fingerprint density at radius 1 is 0.938 bits per heavy atom. The van der Waals surface area contributed by atoms with Crippen molar-refractivity contribution in [2.24, 2.45) is 5.92 Å². The van der Waals surface area contributed by atoms with Crippen molar-refractivity contribution in [3.05, 3.63) is 0 Å². The van der Waals surface area contributed by atoms with Crippen LogP contribution in [0.4, 0.5) is 0 Å². The van der Waals surface area contributed by atoms with Gasteiger partial charge in [-0.05, 0) is 64.1 Å². The predicted molar refractivity (Wildman–Crippen MR) is 66.7 cm³/mol. The average molecular weight is 226 g/mol. The summed E-state index contributed by atoms with van der Waals surface area (Å²) in [6.45, 7) is 5.36. The van der Waals surface area contributed by atoms with Crippen molar-refractivity contribution in [3.63, 3.8) is 0 Å². The Morgan fingerprint density at radius 3 is 2.50 bits per heavy atom. The summed E-state index contributed by atoms with van der Waals surface area (Å²) in [4.78, 5) is 0. The maximum absolute atomic E-state index is 5.57. The molecule has 0 radical (unpaired) electrons. The van der Waals surface area contributed by atoms with Crippen molar-refractivity contribution in [2.45, 2.75) is 44.6 Å². The van der Waals surface area contributed by atoms with Gasteiger partial charge in [-0.15, -0.1) is 0 Å². The van der Waals surface area contributed by atoms with Gasteiger partial charge in [0.05, 0.1) is 0 Å². The lowest BCUT2D eigenvalue weighted by atomic mass is 10.4. The summed E-state index contributed by atoms with van der Waals surface area (Å²) >= 11 is 0. The molecule has 2 saturated carbocycles. The third-order valence-electron chi connectivity index (χ3n) is 3.23. The second-order valence-electron chi connectivity index (χ2n) is 5.20. The Labute approximate surface area is 99.3 Å². The van der Waals surface area contributed by atoms with Crippen LogP contribution in [-0.2, 0) is 4.74 Å². The van der Waals surface area contributed by atoms with Gasteiger partial charge < -0.3 is 15.4 Å². The molecule has 0 spiro atoms. The van der Waals surface area contributed by atoms with Crippen LogP contribution in [0.15, 0.2) is 0 Å². The van der Waals surface area contributed by atoms with Gasteiger partial charge in [0.15, 0.2) is 0 Å². The van der Waals surface area contributed by atoms with Gasteiger partial charge in [0.2, 0.25) is 0 Å². The Bertz CT molecular complexity index is 159. The van der Waals surface area contributed by atoms with Crippen LogP contribution in [0.25, 0.3) is 0 Å². The highest BCUT2D eigenvalue weighted by molar-refractivity contribution is 4.80. The maximum atomic E-state index is 5.57. The van der Waals surface area contributed by atoms with E-state index in [0.29, 0.717) is 0 Å². The van der Waals surface area contributed by atoms with Crippen molar-refractivity contribution in [2.75, 3.05) is 32.8 Å². The van der Waals surface area contributed by atoms with Crippen LogP contribution >= 0.6 is 0 Å². The molecule has 0 aliphatic heterocycles. The van der Waals surface area contributed by atoms with Crippen molar-refractivity contribution in [1.82, 2.24) is 10.6 Å². The molecule has 16 heavy (non-hydrogen) atoms. The van der Waals surface area contributed by atoms with E-state index < -0.39 is 0 Å². The second-order valence-corrected chi connectivity index (χ2v) is 5.20. The third-order valence-corrected chi connectivity index (χ3v) is 3.23. The standard InChI is InChI=1S/C13H26N2O/c1(9-15-13-5-6-13)7-14-8-2-10-16-11-12-3-4-12/h12-15H,1-11H2. The SMILES string of the molecule is C(CNCCCOCC1CC1)CNC1CC1. The van der Waals surface area contributed by atoms with Crippen LogP contribution < -0.4 is 10.6 Å². The fourth-order valence-electron chi connectivity index (χ4n) is 1.77. The van der Waals surface area contributed by atoms with Gasteiger partial charge in [0.1, 0.15) is 0 Å². The molecule has 0 atom stereocenters. The van der Waals surface area contributed by atoms with E-state index in [2.05, 4.69) is 10.6 Å². The molecule has 2 aliphatic rings. The monoisotopic (exact) mass is 226 g/mol. The molecule has 0 heterocycles. The Hall–Kier alpha value is -0.120. The van der Waals surface area contributed by atoms with E-state index in [4.69, 9.17) is 4.74 Å². The zero-order chi connectivity index (χ0) is 11.1. The molecule has 3 heteroatoms. The smallest absolute Gasteiger partial charge is 0.0494 e. The molecule has 0 bridgehead atoms. The fraction of sp³-hybridized carbons (Fsp3) is 1.00. The number of ether oxygens (including phenoxy) is 1. The summed E-state index contributed by atoms with van der Waals surface area (Å²) in [6.07, 6.45) is 7.98. The van der Waals surface area contributed by atoms with Gasteiger partial charge in [0, 0.05) is 19.3 Å². The van der Waals surface area contributed by atoms with E-state index in [0.717, 1.165) is 44.7 Å². The Balaban J connectivity index is 1.22. The first-order valence-electron chi connectivity index (χ1n) is 6.97. The number of rotatable bonds is 11. The van der Waals surface area contributed by atoms with Crippen molar-refractivity contribution < 1.29 is 4.74 Å². The lowest BCUT2D eigenvalue weighted by Crippen LogP contribution is -2.24. The highest BCUT2D eigenvalue weighted by atomic mass is 16.5. The first-order chi connectivity index (χ1) is 7.95. The van der Waals surface area contributed by atoms with Crippen LogP contribution in [0.2, 0.25) is 0 Å². The van der Waals surface area contributed by atoms with Gasteiger partial charge in [-0.25, -0.2) is 0 Å². The molecule has 94 valence electrons. The van der Waals surface area contributed by atoms with E-state index in [9.17, 15) is 0 Å². The molecule has 0 saturated heterocycles. The third kappa shape index (κ3) is 6.46. The molecule has 2 rings (SSSR count). The summed E-state index contributed by atoms with van der Waals surface area (Å²) in [5, 5.41) is 6.99. The molecule has 2 N–H and O–H groups in total. The van der Waals surface area contributed by atoms with E-state index in [1.54, 1.807) is 0 Å². The van der Waals surface area contributed by atoms with Crippen LogP contribution in [0.3, 0.4) is 0 Å². The van der Waals surface area contributed by atoms with E-state index in [-0.39, 0.29) is 0 Å². The second kappa shape index (κ2) is 7.25. The molecule has 2 fully saturated rings. The number of hydrogen-bond donors (Lipinski definition) is 2. The molecule has 0 unspecified atom stereocenters. The zero-order valence-electron chi connectivity index (χ0n) is 10.3. The molecule has 3 nitrogen and oxygen atoms in total. The summed E-state index contributed by atoms with van der Waals surface area (Å²) < 4.78 is 5.57. The van der Waals surface area contributed by atoms with E-state index in [1.165, 1.54) is 38.6 Å². The van der Waals surface area contributed by atoms with E-state index in [1.807, 2.05) is 0 Å². The van der Waals surface area contributed by atoms with E-state index >= 15 is 0 Å². The van der Waals surface area contributed by atoms with Gasteiger partial charge in [-0.1, -0.05) is 0 Å². The summed E-state index contributed by atoms with van der Waals surface area (Å²) in [5.74, 6) is 0.904. The quantitative estimate of drug-likeness (QED) is 0.524. The summed E-state index contributed by atoms with van der Waals surface area (Å²) in [6, 6.07) is 0.857. The zero-order valence-corrected chi connectivity index (χ0v) is 10.3. The Kier molecular flexibility index (Phi) is 5.59. The summed E-state index contributed by atoms with van der Waals surface area (Å²) in [5.41, 5.74) is 0. The van der Waals surface area contributed by atoms with Crippen LogP contribution in [-0.4, -0.2) is 38.9 Å². The molecule has 0 aromatic carbocycles. The lowest BCUT2D eigenvalue weighted by Gasteiger charge is -2.06. The van der Waals surface area contributed by atoms with Crippen molar-refractivity contribution in [3.8, 4) is 0 Å². The van der Waals surface area contributed by atoms with Gasteiger partial charge in [0.25, 0.3) is 0 Å². The van der Waals surface area contributed by atoms with Gasteiger partial charge in [-0.3, -0.25) is 0 Å². The largest absolute Gasteiger partial charge is 0.381 e. The minimum absolute atomic E-state index is 0.857. The highest BCUT2D eigenvalue weighted by Crippen LogP contribution is 2.28. The molecular weight excluding hydrogens is 200 g/mol. The van der Waals surface area contributed by atoms with Crippen molar-refractivity contribution >= 4 is 0 Å². The molecule has 2 aliphatic carbocycles. The van der Waals surface area contributed by atoms with Crippen LogP contribution in [0.5, 0.6) is 0 Å². The molecule has 0 aromatic heterocycles. The molecular formula is C13H26N2O. The first-order valence-corrected chi connectivity index (χ1v) is 6.97. The van der Waals surface area contributed by atoms with Crippen molar-refractivity contribution in [1.29, 1.82) is 0 Å². The summed E-state index contributed by atoms with van der Waals surface area (Å²) in [7, 11) is 0. The first kappa shape index (κ1) is 12.3. The Morgan fingerprint density at radius 2 is 1.75 bits per heavy atom. The minimum atomic E-state index is 0.857.